The highest BCUT2D eigenvalue weighted by Gasteiger charge is 2.38. The lowest BCUT2D eigenvalue weighted by Gasteiger charge is -2.44. The smallest absolute Gasteiger partial charge is 0.0672 e. The molecule has 0 heterocycles. The molecule has 1 aliphatic carbocycles. The van der Waals surface area contributed by atoms with Gasteiger partial charge in [-0.15, -0.1) is 0 Å². The van der Waals surface area contributed by atoms with Crippen molar-refractivity contribution >= 4 is 0 Å². The number of ether oxygens (including phenoxy) is 1. The molecule has 0 spiro atoms. The van der Waals surface area contributed by atoms with Crippen LogP contribution in [-0.4, -0.2) is 37.7 Å². The summed E-state index contributed by atoms with van der Waals surface area (Å²) in [4.78, 5) is 2.30. The fraction of sp³-hybridized carbons (Fsp3) is 0.882. The standard InChI is InChI=1S/C17H29N3O/c1-17(2,3)15-7-6-14(13-19)16(12-15)20(9-5-8-18)10-11-21-4/h14-16H,5-7,9-12H2,1-4H3. The quantitative estimate of drug-likeness (QED) is 0.754. The highest BCUT2D eigenvalue weighted by Crippen LogP contribution is 2.41. The Morgan fingerprint density at radius 1 is 1.19 bits per heavy atom. The van der Waals surface area contributed by atoms with Gasteiger partial charge in [0.05, 0.1) is 24.7 Å². The van der Waals surface area contributed by atoms with Crippen molar-refractivity contribution in [3.63, 3.8) is 0 Å². The van der Waals surface area contributed by atoms with E-state index in [1.165, 1.54) is 0 Å². The van der Waals surface area contributed by atoms with Gasteiger partial charge in [0.1, 0.15) is 0 Å². The zero-order chi connectivity index (χ0) is 15.9. The van der Waals surface area contributed by atoms with E-state index in [4.69, 9.17) is 10.00 Å². The van der Waals surface area contributed by atoms with Crippen LogP contribution in [0, 0.1) is 39.9 Å². The van der Waals surface area contributed by atoms with Crippen LogP contribution in [0.15, 0.2) is 0 Å². The topological polar surface area (TPSA) is 60.0 Å². The summed E-state index contributed by atoms with van der Waals surface area (Å²) in [6.45, 7) is 9.06. The molecule has 1 fully saturated rings. The first kappa shape index (κ1) is 18.0. The van der Waals surface area contributed by atoms with Crippen LogP contribution in [0.3, 0.4) is 0 Å². The number of hydrogen-bond acceptors (Lipinski definition) is 4. The Labute approximate surface area is 129 Å². The molecule has 3 unspecified atom stereocenters. The van der Waals surface area contributed by atoms with E-state index in [1.54, 1.807) is 7.11 Å². The van der Waals surface area contributed by atoms with Crippen LogP contribution in [0.4, 0.5) is 0 Å². The lowest BCUT2D eigenvalue weighted by molar-refractivity contribution is 0.0446. The molecule has 0 aromatic rings. The van der Waals surface area contributed by atoms with Gasteiger partial charge in [0.25, 0.3) is 0 Å². The molecule has 0 amide bonds. The van der Waals surface area contributed by atoms with Gasteiger partial charge in [-0.2, -0.15) is 10.5 Å². The minimum absolute atomic E-state index is 0.0825. The van der Waals surface area contributed by atoms with Gasteiger partial charge in [0.2, 0.25) is 0 Å². The monoisotopic (exact) mass is 291 g/mol. The van der Waals surface area contributed by atoms with Crippen molar-refractivity contribution in [3.8, 4) is 12.1 Å². The van der Waals surface area contributed by atoms with Crippen molar-refractivity contribution in [2.24, 2.45) is 17.3 Å². The number of hydrogen-bond donors (Lipinski definition) is 0. The lowest BCUT2D eigenvalue weighted by atomic mass is 9.68. The Hall–Kier alpha value is -1.10. The average molecular weight is 291 g/mol. The van der Waals surface area contributed by atoms with Gasteiger partial charge in [0, 0.05) is 32.7 Å². The first-order valence-electron chi connectivity index (χ1n) is 7.93. The molecule has 0 saturated heterocycles. The molecular weight excluding hydrogens is 262 g/mol. The Kier molecular flexibility index (Phi) is 7.15. The SMILES string of the molecule is COCCN(CCC#N)C1CC(C(C)(C)C)CCC1C#N. The number of rotatable bonds is 6. The van der Waals surface area contributed by atoms with E-state index in [0.717, 1.165) is 32.4 Å². The molecule has 1 saturated carbocycles. The molecule has 0 bridgehead atoms. The third kappa shape index (κ3) is 5.30. The van der Waals surface area contributed by atoms with Crippen molar-refractivity contribution in [2.75, 3.05) is 26.8 Å². The van der Waals surface area contributed by atoms with Crippen molar-refractivity contribution in [3.05, 3.63) is 0 Å². The van der Waals surface area contributed by atoms with E-state index in [9.17, 15) is 5.26 Å². The third-order valence-electron chi connectivity index (χ3n) is 4.77. The summed E-state index contributed by atoms with van der Waals surface area (Å²) in [5.74, 6) is 0.721. The van der Waals surface area contributed by atoms with Crippen molar-refractivity contribution in [2.45, 2.75) is 52.5 Å². The summed E-state index contributed by atoms with van der Waals surface area (Å²) < 4.78 is 5.20. The zero-order valence-electron chi connectivity index (χ0n) is 13.9. The maximum atomic E-state index is 9.48. The van der Waals surface area contributed by atoms with Crippen LogP contribution in [0.2, 0.25) is 0 Å². The molecule has 118 valence electrons. The highest BCUT2D eigenvalue weighted by atomic mass is 16.5. The molecule has 0 N–H and O–H groups in total. The molecule has 1 rings (SSSR count). The van der Waals surface area contributed by atoms with Gasteiger partial charge in [0.15, 0.2) is 0 Å². The fourth-order valence-corrected chi connectivity index (χ4v) is 3.33. The second-order valence-corrected chi connectivity index (χ2v) is 7.12. The summed E-state index contributed by atoms with van der Waals surface area (Å²) in [5.41, 5.74) is 0.279. The largest absolute Gasteiger partial charge is 0.383 e. The zero-order valence-corrected chi connectivity index (χ0v) is 13.9. The van der Waals surface area contributed by atoms with Crippen LogP contribution in [0.5, 0.6) is 0 Å². The lowest BCUT2D eigenvalue weighted by Crippen LogP contribution is -2.47. The molecule has 0 radical (unpaired) electrons. The van der Waals surface area contributed by atoms with Gasteiger partial charge < -0.3 is 4.74 Å². The molecule has 0 aromatic heterocycles. The van der Waals surface area contributed by atoms with E-state index in [0.29, 0.717) is 18.9 Å². The van der Waals surface area contributed by atoms with Crippen LogP contribution in [-0.2, 0) is 4.74 Å². The van der Waals surface area contributed by atoms with Gasteiger partial charge in [-0.25, -0.2) is 0 Å². The minimum atomic E-state index is 0.0825. The van der Waals surface area contributed by atoms with Gasteiger partial charge in [-0.05, 0) is 30.6 Å². The number of nitrogens with zero attached hydrogens (tertiary/aromatic N) is 3. The average Bonchev–Trinajstić information content (AvgIpc) is 2.46. The molecule has 1 aliphatic rings. The van der Waals surface area contributed by atoms with Gasteiger partial charge in [-0.1, -0.05) is 20.8 Å². The van der Waals surface area contributed by atoms with Crippen LogP contribution in [0.1, 0.15) is 46.5 Å². The summed E-state index contributed by atoms with van der Waals surface area (Å²) >= 11 is 0. The second-order valence-electron chi connectivity index (χ2n) is 7.12. The van der Waals surface area contributed by atoms with E-state index < -0.39 is 0 Å². The summed E-state index contributed by atoms with van der Waals surface area (Å²) in [6.07, 6.45) is 3.67. The van der Waals surface area contributed by atoms with Crippen molar-refractivity contribution in [1.29, 1.82) is 10.5 Å². The van der Waals surface area contributed by atoms with E-state index >= 15 is 0 Å². The van der Waals surface area contributed by atoms with E-state index in [2.05, 4.69) is 37.8 Å². The van der Waals surface area contributed by atoms with Crippen molar-refractivity contribution < 1.29 is 4.74 Å². The summed E-state index contributed by atoms with van der Waals surface area (Å²) in [6, 6.07) is 4.98. The fourth-order valence-electron chi connectivity index (χ4n) is 3.33. The normalized spacial score (nSPS) is 26.3. The van der Waals surface area contributed by atoms with Crippen LogP contribution < -0.4 is 0 Å². The predicted molar refractivity (Wildman–Crippen MR) is 83.4 cm³/mol. The molecular formula is C17H29N3O. The molecule has 4 nitrogen and oxygen atoms in total. The Bertz CT molecular complexity index is 388. The Morgan fingerprint density at radius 2 is 1.90 bits per heavy atom. The molecule has 3 atom stereocenters. The third-order valence-corrected chi connectivity index (χ3v) is 4.77. The minimum Gasteiger partial charge on any atom is -0.383 e. The molecule has 0 aliphatic heterocycles. The molecule has 0 aromatic carbocycles. The highest BCUT2D eigenvalue weighted by molar-refractivity contribution is 4.99. The van der Waals surface area contributed by atoms with Gasteiger partial charge in [-0.3, -0.25) is 4.90 Å². The summed E-state index contributed by atoms with van der Waals surface area (Å²) in [5, 5.41) is 18.3. The van der Waals surface area contributed by atoms with E-state index in [-0.39, 0.29) is 17.4 Å². The molecule has 4 heteroatoms. The number of nitriles is 2. The summed E-state index contributed by atoms with van der Waals surface area (Å²) in [7, 11) is 1.70. The van der Waals surface area contributed by atoms with Gasteiger partial charge >= 0.3 is 0 Å². The Balaban J connectivity index is 2.83. The second kappa shape index (κ2) is 8.37. The van der Waals surface area contributed by atoms with Crippen LogP contribution >= 0.6 is 0 Å². The van der Waals surface area contributed by atoms with E-state index in [1.807, 2.05) is 0 Å². The maximum absolute atomic E-state index is 9.48. The first-order valence-corrected chi connectivity index (χ1v) is 7.93. The van der Waals surface area contributed by atoms with Crippen LogP contribution in [0.25, 0.3) is 0 Å². The molecule has 21 heavy (non-hydrogen) atoms. The number of methoxy groups -OCH3 is 1. The van der Waals surface area contributed by atoms with Crippen molar-refractivity contribution in [1.82, 2.24) is 4.90 Å². The maximum Gasteiger partial charge on any atom is 0.0672 e. The first-order chi connectivity index (χ1) is 9.93. The Morgan fingerprint density at radius 3 is 2.43 bits per heavy atom. The predicted octanol–water partition coefficient (Wildman–Crippen LogP) is 3.20.